The molecule has 138 valence electrons. The highest BCUT2D eigenvalue weighted by molar-refractivity contribution is 7.98. The summed E-state index contributed by atoms with van der Waals surface area (Å²) in [5.41, 5.74) is 2.43. The fourth-order valence-electron chi connectivity index (χ4n) is 2.90. The summed E-state index contributed by atoms with van der Waals surface area (Å²) in [6.07, 6.45) is 1.22. The summed E-state index contributed by atoms with van der Waals surface area (Å²) in [7, 11) is 0. The molecule has 4 atom stereocenters. The van der Waals surface area contributed by atoms with Gasteiger partial charge in [-0.3, -0.25) is 9.55 Å². The van der Waals surface area contributed by atoms with Crippen LogP contribution in [0.1, 0.15) is 24.4 Å². The van der Waals surface area contributed by atoms with Gasteiger partial charge >= 0.3 is 0 Å². The van der Waals surface area contributed by atoms with Gasteiger partial charge in [0.05, 0.1) is 23.7 Å². The lowest BCUT2D eigenvalue weighted by Crippen LogP contribution is -2.30. The van der Waals surface area contributed by atoms with Crippen LogP contribution in [0.5, 0.6) is 0 Å². The molecule has 0 saturated carbocycles. The van der Waals surface area contributed by atoms with Crippen molar-refractivity contribution in [3.63, 3.8) is 0 Å². The van der Waals surface area contributed by atoms with Crippen molar-refractivity contribution in [1.82, 2.24) is 24.5 Å². The zero-order chi connectivity index (χ0) is 19.0. The van der Waals surface area contributed by atoms with Crippen LogP contribution in [0.2, 0.25) is 0 Å². The Morgan fingerprint density at radius 3 is 2.74 bits per heavy atom. The summed E-state index contributed by atoms with van der Waals surface area (Å²) in [4.78, 5) is 17.2. The van der Waals surface area contributed by atoms with Crippen molar-refractivity contribution in [2.45, 2.75) is 42.2 Å². The molecule has 9 nitrogen and oxygen atoms in total. The van der Waals surface area contributed by atoms with Gasteiger partial charge in [-0.1, -0.05) is 11.8 Å². The summed E-state index contributed by atoms with van der Waals surface area (Å²) in [6, 6.07) is 5.56. The lowest BCUT2D eigenvalue weighted by molar-refractivity contribution is -0.0299. The number of nitriles is 1. The Hall–Kier alpha value is -2.58. The van der Waals surface area contributed by atoms with Gasteiger partial charge in [-0.15, -0.1) is 0 Å². The fraction of sp³-hybridized carbons (Fsp3) is 0.353. The molecule has 1 aliphatic rings. The first-order valence-corrected chi connectivity index (χ1v) is 9.24. The third kappa shape index (κ3) is 3.26. The van der Waals surface area contributed by atoms with E-state index in [1.54, 1.807) is 23.6 Å². The number of rotatable bonds is 4. The third-order valence-corrected chi connectivity index (χ3v) is 5.40. The number of pyridine rings is 1. The van der Waals surface area contributed by atoms with Crippen LogP contribution in [0.4, 0.5) is 0 Å². The minimum Gasteiger partial charge on any atom is -0.388 e. The molecule has 0 aromatic carbocycles. The second-order valence-corrected chi connectivity index (χ2v) is 7.12. The number of aliphatic hydroxyl groups excluding tert-OH is 2. The predicted molar refractivity (Wildman–Crippen MR) is 95.4 cm³/mol. The van der Waals surface area contributed by atoms with E-state index in [1.165, 1.54) is 30.6 Å². The minimum atomic E-state index is -1.06. The minimum absolute atomic E-state index is 0.486. The maximum atomic E-state index is 10.2. The SMILES string of the molecule is C[C@H]1O[C@@H](n2cnc3c(SCc4ccc(C#N)cn4)ncnc32)[C@H](O)[C@@H]1O. The number of hydrogen-bond acceptors (Lipinski definition) is 9. The number of nitrogens with zero attached hydrogens (tertiary/aromatic N) is 6. The van der Waals surface area contributed by atoms with Crippen molar-refractivity contribution >= 4 is 22.9 Å². The van der Waals surface area contributed by atoms with E-state index >= 15 is 0 Å². The van der Waals surface area contributed by atoms with E-state index < -0.39 is 24.5 Å². The van der Waals surface area contributed by atoms with E-state index in [0.717, 1.165) is 5.69 Å². The zero-order valence-corrected chi connectivity index (χ0v) is 15.1. The van der Waals surface area contributed by atoms with Crippen molar-refractivity contribution in [2.24, 2.45) is 0 Å². The summed E-state index contributed by atoms with van der Waals surface area (Å²) in [5, 5.41) is 29.7. The second kappa shape index (κ2) is 7.21. The Balaban J connectivity index is 1.58. The molecule has 10 heteroatoms. The predicted octanol–water partition coefficient (Wildman–Crippen LogP) is 1.02. The second-order valence-electron chi connectivity index (χ2n) is 6.15. The van der Waals surface area contributed by atoms with Crippen LogP contribution in [0, 0.1) is 11.3 Å². The maximum absolute atomic E-state index is 10.2. The molecule has 0 bridgehead atoms. The maximum Gasteiger partial charge on any atom is 0.166 e. The first-order chi connectivity index (χ1) is 13.1. The van der Waals surface area contributed by atoms with Crippen molar-refractivity contribution in [1.29, 1.82) is 5.26 Å². The van der Waals surface area contributed by atoms with Crippen LogP contribution >= 0.6 is 11.8 Å². The van der Waals surface area contributed by atoms with Crippen LogP contribution in [0.25, 0.3) is 11.2 Å². The molecular formula is C17H16N6O3S. The number of imidazole rings is 1. The summed E-state index contributed by atoms with van der Waals surface area (Å²) in [6.45, 7) is 1.70. The van der Waals surface area contributed by atoms with E-state index in [4.69, 9.17) is 10.00 Å². The molecule has 3 aromatic rings. The molecule has 0 aliphatic carbocycles. The molecule has 0 radical (unpaired) electrons. The summed E-state index contributed by atoms with van der Waals surface area (Å²) < 4.78 is 7.26. The van der Waals surface area contributed by atoms with E-state index in [2.05, 4.69) is 19.9 Å². The van der Waals surface area contributed by atoms with Gasteiger partial charge in [-0.25, -0.2) is 15.0 Å². The standard InChI is InChI=1S/C17H16N6O3S/c1-9-13(24)14(25)17(26-9)23-8-22-12-15(23)20-7-21-16(12)27-6-11-3-2-10(4-18)5-19-11/h2-3,5,7-9,13-14,17,24-25H,6H2,1H3/t9-,13-,14-,17-/m1/s1. The first kappa shape index (κ1) is 17.8. The number of ether oxygens (including phenoxy) is 1. The van der Waals surface area contributed by atoms with Gasteiger partial charge in [0, 0.05) is 11.9 Å². The molecule has 3 aromatic heterocycles. The molecule has 1 fully saturated rings. The van der Waals surface area contributed by atoms with Crippen LogP contribution in [0.3, 0.4) is 0 Å². The molecule has 0 unspecified atom stereocenters. The lowest BCUT2D eigenvalue weighted by atomic mass is 10.1. The molecule has 4 heterocycles. The smallest absolute Gasteiger partial charge is 0.166 e. The van der Waals surface area contributed by atoms with Gasteiger partial charge in [-0.05, 0) is 19.1 Å². The molecule has 2 N–H and O–H groups in total. The van der Waals surface area contributed by atoms with Crippen molar-refractivity contribution in [2.75, 3.05) is 0 Å². The lowest BCUT2D eigenvalue weighted by Gasteiger charge is -2.16. The van der Waals surface area contributed by atoms with Gasteiger partial charge in [-0.2, -0.15) is 5.26 Å². The molecule has 27 heavy (non-hydrogen) atoms. The summed E-state index contributed by atoms with van der Waals surface area (Å²) in [5.74, 6) is 0.559. The van der Waals surface area contributed by atoms with E-state index in [0.29, 0.717) is 27.5 Å². The first-order valence-electron chi connectivity index (χ1n) is 8.25. The van der Waals surface area contributed by atoms with Crippen molar-refractivity contribution in [3.8, 4) is 6.07 Å². The van der Waals surface area contributed by atoms with Crippen LogP contribution < -0.4 is 0 Å². The molecule has 0 amide bonds. The molecular weight excluding hydrogens is 368 g/mol. The van der Waals surface area contributed by atoms with E-state index in [-0.39, 0.29) is 0 Å². The Labute approximate surface area is 158 Å². The van der Waals surface area contributed by atoms with Gasteiger partial charge in [0.25, 0.3) is 0 Å². The van der Waals surface area contributed by atoms with Crippen LogP contribution in [0.15, 0.2) is 36.0 Å². The number of thioether (sulfide) groups is 1. The van der Waals surface area contributed by atoms with Crippen molar-refractivity contribution < 1.29 is 14.9 Å². The van der Waals surface area contributed by atoms with E-state index in [9.17, 15) is 10.2 Å². The average molecular weight is 384 g/mol. The Bertz CT molecular complexity index is 1000. The van der Waals surface area contributed by atoms with Gasteiger partial charge < -0.3 is 14.9 Å². The Kier molecular flexibility index (Phi) is 4.75. The van der Waals surface area contributed by atoms with E-state index in [1.807, 2.05) is 6.07 Å². The van der Waals surface area contributed by atoms with Gasteiger partial charge in [0.1, 0.15) is 35.1 Å². The Morgan fingerprint density at radius 2 is 2.07 bits per heavy atom. The number of fused-ring (bicyclic) bond motifs is 1. The highest BCUT2D eigenvalue weighted by Gasteiger charge is 2.42. The normalized spacial score (nSPS) is 25.0. The molecule has 1 saturated heterocycles. The number of aliphatic hydroxyl groups is 2. The largest absolute Gasteiger partial charge is 0.388 e. The average Bonchev–Trinajstić information content (AvgIpc) is 3.23. The zero-order valence-electron chi connectivity index (χ0n) is 14.3. The third-order valence-electron chi connectivity index (χ3n) is 4.39. The molecule has 4 rings (SSSR count). The molecule has 1 aliphatic heterocycles. The quantitative estimate of drug-likeness (QED) is 0.500. The number of aromatic nitrogens is 5. The number of hydrogen-bond donors (Lipinski definition) is 2. The summed E-state index contributed by atoms with van der Waals surface area (Å²) >= 11 is 1.45. The van der Waals surface area contributed by atoms with Gasteiger partial charge in [0.15, 0.2) is 11.9 Å². The van der Waals surface area contributed by atoms with Gasteiger partial charge in [0.2, 0.25) is 0 Å². The van der Waals surface area contributed by atoms with Crippen LogP contribution in [-0.4, -0.2) is 53.0 Å². The van der Waals surface area contributed by atoms with Crippen molar-refractivity contribution in [3.05, 3.63) is 42.2 Å². The van der Waals surface area contributed by atoms with Crippen LogP contribution in [-0.2, 0) is 10.5 Å². The highest BCUT2D eigenvalue weighted by atomic mass is 32.2. The molecule has 0 spiro atoms. The topological polar surface area (TPSA) is 130 Å². The Morgan fingerprint density at radius 1 is 1.22 bits per heavy atom. The monoisotopic (exact) mass is 384 g/mol. The fourth-order valence-corrected chi connectivity index (χ4v) is 3.76. The highest BCUT2D eigenvalue weighted by Crippen LogP contribution is 2.33.